The lowest BCUT2D eigenvalue weighted by Crippen LogP contribution is -2.35. The van der Waals surface area contributed by atoms with Crippen LogP contribution < -0.4 is 10.4 Å². The Bertz CT molecular complexity index is 1250. The molecule has 32 heavy (non-hydrogen) atoms. The van der Waals surface area contributed by atoms with Crippen molar-refractivity contribution < 1.29 is 33.4 Å². The zero-order valence-corrected chi connectivity index (χ0v) is 16.7. The Morgan fingerprint density at radius 3 is 2.25 bits per heavy atom. The molecule has 0 bridgehead atoms. The van der Waals surface area contributed by atoms with Crippen LogP contribution in [0.5, 0.6) is 0 Å². The van der Waals surface area contributed by atoms with Crippen molar-refractivity contribution in [2.75, 3.05) is 12.1 Å². The molecule has 0 radical (unpaired) electrons. The van der Waals surface area contributed by atoms with Crippen LogP contribution in [-0.4, -0.2) is 36.0 Å². The monoisotopic (exact) mass is 432 g/mol. The Kier molecular flexibility index (Phi) is 5.30. The third-order valence-corrected chi connectivity index (χ3v) is 4.77. The van der Waals surface area contributed by atoms with E-state index < -0.39 is 23.8 Å². The molecule has 1 saturated heterocycles. The van der Waals surface area contributed by atoms with Gasteiger partial charge in [-0.2, -0.15) is 0 Å². The largest absolute Gasteiger partial charge is 0.478 e. The number of ether oxygens (including phenoxy) is 1. The lowest BCUT2D eigenvalue weighted by molar-refractivity contribution is -0.117. The number of amides is 2. The average Bonchev–Trinajstić information content (AvgIpc) is 3.39. The third-order valence-electron chi connectivity index (χ3n) is 4.77. The number of carboxylic acid groups (broad SMARTS) is 1. The number of carboxylic acids is 1. The van der Waals surface area contributed by atoms with E-state index in [0.717, 1.165) is 5.01 Å². The Hall–Kier alpha value is -4.66. The second kappa shape index (κ2) is 8.23. The molecular formula is C23H16N2O7. The number of furan rings is 1. The Labute approximate surface area is 181 Å². The summed E-state index contributed by atoms with van der Waals surface area (Å²) >= 11 is 0. The van der Waals surface area contributed by atoms with Gasteiger partial charge in [-0.3, -0.25) is 15.0 Å². The first kappa shape index (κ1) is 20.6. The minimum Gasteiger partial charge on any atom is -0.478 e. The van der Waals surface area contributed by atoms with Crippen molar-refractivity contribution in [2.45, 2.75) is 0 Å². The molecule has 4 rings (SSSR count). The van der Waals surface area contributed by atoms with Gasteiger partial charge in [0.25, 0.3) is 11.8 Å². The van der Waals surface area contributed by atoms with Crippen LogP contribution in [-0.2, 0) is 14.3 Å². The summed E-state index contributed by atoms with van der Waals surface area (Å²) in [4.78, 5) is 47.6. The van der Waals surface area contributed by atoms with Crippen molar-refractivity contribution in [2.24, 2.45) is 0 Å². The van der Waals surface area contributed by atoms with Gasteiger partial charge in [0.15, 0.2) is 0 Å². The first-order chi connectivity index (χ1) is 15.4. The normalized spacial score (nSPS) is 14.5. The standard InChI is InChI=1S/C23H16N2O7/c1-31-23(30)15-6-8-16(9-7-15)25-21(27)18(20(26)24-25)12-17-10-11-19(32-17)13-2-4-14(5-3-13)22(28)29/h2-12H,1H3,(H,24,26)(H,28,29)/b18-12-. The Balaban J connectivity index is 1.55. The summed E-state index contributed by atoms with van der Waals surface area (Å²) in [7, 11) is 1.27. The zero-order valence-electron chi connectivity index (χ0n) is 16.7. The molecule has 2 aromatic carbocycles. The summed E-state index contributed by atoms with van der Waals surface area (Å²) in [6, 6.07) is 15.4. The summed E-state index contributed by atoms with van der Waals surface area (Å²) in [6.07, 6.45) is 1.33. The maximum absolute atomic E-state index is 12.8. The SMILES string of the molecule is COC(=O)c1ccc(N2NC(=O)/C(=C/c3ccc(-c4ccc(C(=O)O)cc4)o3)C2=O)cc1. The fourth-order valence-electron chi connectivity index (χ4n) is 3.11. The second-order valence-electron chi connectivity index (χ2n) is 6.76. The van der Waals surface area contributed by atoms with Crippen molar-refractivity contribution in [1.29, 1.82) is 0 Å². The molecule has 9 nitrogen and oxygen atoms in total. The van der Waals surface area contributed by atoms with Gasteiger partial charge in [-0.05, 0) is 54.6 Å². The highest BCUT2D eigenvalue weighted by Crippen LogP contribution is 2.26. The fourth-order valence-corrected chi connectivity index (χ4v) is 3.11. The van der Waals surface area contributed by atoms with Gasteiger partial charge in [0, 0.05) is 5.56 Å². The molecule has 2 N–H and O–H groups in total. The van der Waals surface area contributed by atoms with Crippen LogP contribution in [0, 0.1) is 0 Å². The molecule has 0 atom stereocenters. The Morgan fingerprint density at radius 1 is 0.969 bits per heavy atom. The molecule has 2 heterocycles. The van der Waals surface area contributed by atoms with Crippen LogP contribution in [0.2, 0.25) is 0 Å². The van der Waals surface area contributed by atoms with Gasteiger partial charge in [-0.15, -0.1) is 0 Å². The van der Waals surface area contributed by atoms with E-state index in [-0.39, 0.29) is 16.9 Å². The summed E-state index contributed by atoms with van der Waals surface area (Å²) < 4.78 is 10.3. The van der Waals surface area contributed by atoms with E-state index in [2.05, 4.69) is 10.2 Å². The molecule has 3 aromatic rings. The molecule has 0 aliphatic carbocycles. The number of rotatable bonds is 5. The van der Waals surface area contributed by atoms with E-state index in [1.807, 2.05) is 0 Å². The van der Waals surface area contributed by atoms with Gasteiger partial charge in [0.2, 0.25) is 0 Å². The van der Waals surface area contributed by atoms with Crippen LogP contribution in [0.4, 0.5) is 5.69 Å². The van der Waals surface area contributed by atoms with Gasteiger partial charge >= 0.3 is 11.9 Å². The van der Waals surface area contributed by atoms with Gasteiger partial charge in [0.05, 0.1) is 23.9 Å². The molecule has 160 valence electrons. The number of hydrogen-bond donors (Lipinski definition) is 2. The van der Waals surface area contributed by atoms with E-state index in [0.29, 0.717) is 22.6 Å². The molecule has 0 spiro atoms. The smallest absolute Gasteiger partial charge is 0.337 e. The number of methoxy groups -OCH3 is 1. The number of hydrazine groups is 1. The van der Waals surface area contributed by atoms with Gasteiger partial charge in [0.1, 0.15) is 17.1 Å². The highest BCUT2D eigenvalue weighted by Gasteiger charge is 2.34. The maximum Gasteiger partial charge on any atom is 0.337 e. The molecular weight excluding hydrogens is 416 g/mol. The molecule has 2 amide bonds. The number of esters is 1. The van der Waals surface area contributed by atoms with Crippen molar-refractivity contribution in [3.8, 4) is 11.3 Å². The number of anilines is 1. The molecule has 9 heteroatoms. The molecule has 0 unspecified atom stereocenters. The first-order valence-electron chi connectivity index (χ1n) is 9.36. The number of hydrogen-bond acceptors (Lipinski definition) is 6. The highest BCUT2D eigenvalue weighted by atomic mass is 16.5. The van der Waals surface area contributed by atoms with Gasteiger partial charge in [-0.1, -0.05) is 12.1 Å². The minimum atomic E-state index is -1.03. The summed E-state index contributed by atoms with van der Waals surface area (Å²) in [5.41, 5.74) is 3.83. The van der Waals surface area contributed by atoms with E-state index in [9.17, 15) is 19.2 Å². The van der Waals surface area contributed by atoms with Gasteiger partial charge < -0.3 is 14.3 Å². The van der Waals surface area contributed by atoms with Crippen molar-refractivity contribution >= 4 is 35.5 Å². The quantitative estimate of drug-likeness (QED) is 0.361. The molecule has 1 aliphatic heterocycles. The second-order valence-corrected chi connectivity index (χ2v) is 6.76. The topological polar surface area (TPSA) is 126 Å². The number of carbonyl (C=O) groups excluding carboxylic acids is 3. The number of aromatic carboxylic acids is 1. The first-order valence-corrected chi connectivity index (χ1v) is 9.36. The van der Waals surface area contributed by atoms with Crippen LogP contribution >= 0.6 is 0 Å². The van der Waals surface area contributed by atoms with Crippen LogP contribution in [0.1, 0.15) is 26.5 Å². The molecule has 1 aromatic heterocycles. The number of nitrogens with zero attached hydrogens (tertiary/aromatic N) is 1. The van der Waals surface area contributed by atoms with Crippen LogP contribution in [0.25, 0.3) is 17.4 Å². The average molecular weight is 432 g/mol. The molecule has 0 saturated carbocycles. The van der Waals surface area contributed by atoms with E-state index in [4.69, 9.17) is 9.52 Å². The van der Waals surface area contributed by atoms with E-state index in [1.54, 1.807) is 24.3 Å². The minimum absolute atomic E-state index is 0.121. The zero-order chi connectivity index (χ0) is 22.8. The number of carbonyl (C=O) groups is 4. The predicted octanol–water partition coefficient (Wildman–Crippen LogP) is 2.89. The lowest BCUT2D eigenvalue weighted by Gasteiger charge is -2.14. The van der Waals surface area contributed by atoms with Crippen molar-refractivity contribution in [3.05, 3.63) is 83.1 Å². The molecule has 1 fully saturated rings. The highest BCUT2D eigenvalue weighted by molar-refractivity contribution is 6.31. The number of nitrogens with one attached hydrogen (secondary N) is 1. The maximum atomic E-state index is 12.8. The van der Waals surface area contributed by atoms with Crippen LogP contribution in [0.3, 0.4) is 0 Å². The number of benzene rings is 2. The summed E-state index contributed by atoms with van der Waals surface area (Å²) in [5, 5.41) is 10.1. The van der Waals surface area contributed by atoms with E-state index >= 15 is 0 Å². The molecule has 1 aliphatic rings. The fraction of sp³-hybridized carbons (Fsp3) is 0.0435. The predicted molar refractivity (Wildman–Crippen MR) is 112 cm³/mol. The van der Waals surface area contributed by atoms with Crippen molar-refractivity contribution in [1.82, 2.24) is 5.43 Å². The van der Waals surface area contributed by atoms with Gasteiger partial charge in [-0.25, -0.2) is 14.6 Å². The van der Waals surface area contributed by atoms with E-state index in [1.165, 1.54) is 49.6 Å². The van der Waals surface area contributed by atoms with Crippen LogP contribution in [0.15, 0.2) is 70.7 Å². The summed E-state index contributed by atoms with van der Waals surface area (Å²) in [6.45, 7) is 0. The third kappa shape index (κ3) is 3.86. The summed E-state index contributed by atoms with van der Waals surface area (Å²) in [5.74, 6) is -1.99. The lowest BCUT2D eigenvalue weighted by atomic mass is 10.1. The Morgan fingerprint density at radius 2 is 1.62 bits per heavy atom. The van der Waals surface area contributed by atoms with Crippen molar-refractivity contribution in [3.63, 3.8) is 0 Å².